The van der Waals surface area contributed by atoms with Gasteiger partial charge in [0.2, 0.25) is 0 Å². The molecule has 7 heavy (non-hydrogen) atoms. The molecule has 0 aromatic carbocycles. The molecule has 3 heteroatoms. The van der Waals surface area contributed by atoms with Crippen molar-refractivity contribution in [3.63, 3.8) is 0 Å². The van der Waals surface area contributed by atoms with Crippen LogP contribution in [-0.2, 0) is 4.79 Å². The minimum atomic E-state index is 0.0903. The first kappa shape index (κ1) is 7.00. The largest absolute Gasteiger partial charge is 0.463 e. The molecule has 0 aliphatic carbocycles. The molecule has 0 aliphatic rings. The van der Waals surface area contributed by atoms with Gasteiger partial charge in [-0.2, -0.15) is 0 Å². The molecule has 0 unspecified atom stereocenters. The normalized spacial score (nSPS) is 8.14. The zero-order valence-corrected chi connectivity index (χ0v) is 5.55. The molecule has 0 saturated carbocycles. The van der Waals surface area contributed by atoms with E-state index in [2.05, 4.69) is 20.8 Å². The topological polar surface area (TPSA) is 29.1 Å². The van der Waals surface area contributed by atoms with E-state index in [0.717, 1.165) is 6.42 Å². The molecule has 0 fully saturated rings. The Bertz CT molecular complexity index is 64.7. The van der Waals surface area contributed by atoms with Crippen molar-refractivity contribution in [2.24, 2.45) is 0 Å². The van der Waals surface area contributed by atoms with Gasteiger partial charge in [-0.05, 0) is 6.42 Å². The zero-order valence-electron chi connectivity index (χ0n) is 4.40. The summed E-state index contributed by atoms with van der Waals surface area (Å²) < 4.78 is 2.44. The van der Waals surface area contributed by atoms with Crippen LogP contribution >= 0.6 is 0 Å². The van der Waals surface area contributed by atoms with Crippen LogP contribution in [0.3, 0.4) is 0 Å². The van der Waals surface area contributed by atoms with Gasteiger partial charge in [0.15, 0.2) is 5.91 Å². The molecular weight excluding hydrogens is 105 g/mol. The van der Waals surface area contributed by atoms with Gasteiger partial charge in [0.1, 0.15) is 0 Å². The number of amides is 1. The molecule has 0 bridgehead atoms. The lowest BCUT2D eigenvalue weighted by Gasteiger charge is -1.92. The monoisotopic (exact) mass is 113 g/mol. The molecule has 0 aromatic rings. The highest BCUT2D eigenvalue weighted by Crippen LogP contribution is 1.82. The summed E-state index contributed by atoms with van der Waals surface area (Å²) in [5, 5.41) is 0. The second kappa shape index (κ2) is 4.17. The molecule has 38 valence electrons. The van der Waals surface area contributed by atoms with Crippen LogP contribution in [0.5, 0.6) is 0 Å². The highest BCUT2D eigenvalue weighted by atomic mass is 27.1. The van der Waals surface area contributed by atoms with E-state index in [1.165, 1.54) is 0 Å². The van der Waals surface area contributed by atoms with Crippen molar-refractivity contribution in [2.45, 2.75) is 19.8 Å². The first-order valence-electron chi connectivity index (χ1n) is 2.30. The SMILES string of the molecule is CCCC(=O)[NH][Al]. The minimum absolute atomic E-state index is 0.0903. The van der Waals surface area contributed by atoms with Crippen LogP contribution in [0.25, 0.3) is 0 Å². The zero-order chi connectivity index (χ0) is 5.70. The third kappa shape index (κ3) is 3.84. The van der Waals surface area contributed by atoms with Crippen LogP contribution in [0, 0.1) is 0 Å². The van der Waals surface area contributed by atoms with Crippen molar-refractivity contribution in [1.82, 2.24) is 4.30 Å². The Morgan fingerprint density at radius 1 is 1.86 bits per heavy atom. The van der Waals surface area contributed by atoms with E-state index in [1.807, 2.05) is 6.92 Å². The molecule has 2 radical (unpaired) electrons. The maximum Gasteiger partial charge on any atom is 0.310 e. The predicted octanol–water partition coefficient (Wildman–Crippen LogP) is -0.0138. The van der Waals surface area contributed by atoms with Crippen molar-refractivity contribution >= 4 is 22.4 Å². The van der Waals surface area contributed by atoms with Crippen molar-refractivity contribution in [2.75, 3.05) is 0 Å². The van der Waals surface area contributed by atoms with Gasteiger partial charge in [0, 0.05) is 6.42 Å². The maximum atomic E-state index is 10.3. The third-order valence-corrected chi connectivity index (χ3v) is 0.960. The van der Waals surface area contributed by atoms with Crippen LogP contribution < -0.4 is 4.30 Å². The fourth-order valence-corrected chi connectivity index (χ4v) is 0.444. The number of carbonyl (C=O) groups excluding carboxylic acids is 1. The van der Waals surface area contributed by atoms with Crippen molar-refractivity contribution in [3.05, 3.63) is 0 Å². The molecular formula is C4H8AlNO. The van der Waals surface area contributed by atoms with Crippen LogP contribution in [0.2, 0.25) is 0 Å². The van der Waals surface area contributed by atoms with E-state index in [9.17, 15) is 4.79 Å². The lowest BCUT2D eigenvalue weighted by Crippen LogP contribution is -2.18. The van der Waals surface area contributed by atoms with Gasteiger partial charge in [-0.3, -0.25) is 4.79 Å². The molecule has 0 atom stereocenters. The Labute approximate surface area is 51.9 Å². The predicted molar refractivity (Wildman–Crippen MR) is 28.8 cm³/mol. The number of rotatable bonds is 2. The van der Waals surface area contributed by atoms with E-state index in [1.54, 1.807) is 0 Å². The maximum absolute atomic E-state index is 10.3. The van der Waals surface area contributed by atoms with Gasteiger partial charge >= 0.3 is 16.5 Å². The first-order chi connectivity index (χ1) is 3.31. The van der Waals surface area contributed by atoms with Gasteiger partial charge in [-0.1, -0.05) is 6.92 Å². The van der Waals surface area contributed by atoms with E-state index in [4.69, 9.17) is 0 Å². The molecule has 0 aromatic heterocycles. The summed E-state index contributed by atoms with van der Waals surface area (Å²) in [6, 6.07) is 0. The average molecular weight is 113 g/mol. The van der Waals surface area contributed by atoms with E-state index < -0.39 is 0 Å². The Kier molecular flexibility index (Phi) is 4.17. The summed E-state index contributed by atoms with van der Waals surface area (Å²) >= 11 is 2.17. The van der Waals surface area contributed by atoms with Crippen molar-refractivity contribution in [1.29, 1.82) is 0 Å². The molecule has 0 saturated heterocycles. The minimum Gasteiger partial charge on any atom is -0.463 e. The summed E-state index contributed by atoms with van der Waals surface area (Å²) in [5.74, 6) is 0.0903. The molecule has 0 spiro atoms. The van der Waals surface area contributed by atoms with E-state index in [-0.39, 0.29) is 5.91 Å². The van der Waals surface area contributed by atoms with Gasteiger partial charge < -0.3 is 4.30 Å². The summed E-state index contributed by atoms with van der Waals surface area (Å²) in [4.78, 5) is 10.3. The summed E-state index contributed by atoms with van der Waals surface area (Å²) in [6.07, 6.45) is 1.55. The van der Waals surface area contributed by atoms with Gasteiger partial charge in [0.25, 0.3) is 0 Å². The summed E-state index contributed by atoms with van der Waals surface area (Å²) in [7, 11) is 0. The molecule has 0 aliphatic heterocycles. The van der Waals surface area contributed by atoms with Crippen LogP contribution in [0.1, 0.15) is 19.8 Å². The van der Waals surface area contributed by atoms with Crippen molar-refractivity contribution in [3.8, 4) is 0 Å². The van der Waals surface area contributed by atoms with Gasteiger partial charge in [-0.25, -0.2) is 0 Å². The summed E-state index contributed by atoms with van der Waals surface area (Å²) in [6.45, 7) is 1.97. The standard InChI is InChI=1S/C4H9NO.Al/c1-2-3-4(5)6;/h2-3H2,1H3,(H2,5,6);/q;+1/p-1. The quantitative estimate of drug-likeness (QED) is 0.501. The van der Waals surface area contributed by atoms with Crippen molar-refractivity contribution < 1.29 is 4.79 Å². The number of nitrogens with one attached hydrogen (secondary N) is 1. The Morgan fingerprint density at radius 2 is 2.43 bits per heavy atom. The second-order valence-electron chi connectivity index (χ2n) is 1.32. The Morgan fingerprint density at radius 3 is 2.57 bits per heavy atom. The molecule has 2 nitrogen and oxygen atoms in total. The fourth-order valence-electron chi connectivity index (χ4n) is 0.299. The Balaban J connectivity index is 3.00. The lowest BCUT2D eigenvalue weighted by molar-refractivity contribution is -0.119. The fraction of sp³-hybridized carbons (Fsp3) is 0.750. The van der Waals surface area contributed by atoms with Gasteiger partial charge in [-0.15, -0.1) is 0 Å². The smallest absolute Gasteiger partial charge is 0.310 e. The van der Waals surface area contributed by atoms with E-state index in [0.29, 0.717) is 6.42 Å². The molecule has 1 amide bonds. The highest BCUT2D eigenvalue weighted by Gasteiger charge is 1.88. The highest BCUT2D eigenvalue weighted by molar-refractivity contribution is 6.14. The number of hydrogen-bond acceptors (Lipinski definition) is 1. The van der Waals surface area contributed by atoms with E-state index >= 15 is 0 Å². The summed E-state index contributed by atoms with van der Waals surface area (Å²) in [5.41, 5.74) is 0. The number of carbonyl (C=O) groups is 1. The number of hydrogen-bond donors (Lipinski definition) is 1. The van der Waals surface area contributed by atoms with Crippen LogP contribution in [0.4, 0.5) is 0 Å². The van der Waals surface area contributed by atoms with Gasteiger partial charge in [0.05, 0.1) is 0 Å². The molecule has 1 N–H and O–H groups in total. The van der Waals surface area contributed by atoms with Crippen LogP contribution in [0.15, 0.2) is 0 Å². The Hall–Kier alpha value is 0.00247. The average Bonchev–Trinajstić information content (AvgIpc) is 1.68. The van der Waals surface area contributed by atoms with Crippen LogP contribution in [-0.4, -0.2) is 22.4 Å². The lowest BCUT2D eigenvalue weighted by atomic mass is 10.3. The molecule has 0 rings (SSSR count). The first-order valence-corrected chi connectivity index (χ1v) is 2.88. The molecule has 0 heterocycles. The second-order valence-corrected chi connectivity index (χ2v) is 1.61. The third-order valence-electron chi connectivity index (χ3n) is 0.638.